The molecule has 5 nitrogen and oxygen atoms in total. The van der Waals surface area contributed by atoms with E-state index in [0.717, 1.165) is 0 Å². The Morgan fingerprint density at radius 2 is 2.42 bits per heavy atom. The molecule has 1 aromatic rings. The standard InChI is InChI=1S/C6H5BrN2O3/c1-12-3-2-8-4(6(10)11)5(7)9-3/h2H,1H3,(H,10,11). The van der Waals surface area contributed by atoms with Crippen LogP contribution in [0.2, 0.25) is 0 Å². The molecular weight excluding hydrogens is 228 g/mol. The molecule has 0 aliphatic rings. The average molecular weight is 233 g/mol. The van der Waals surface area contributed by atoms with Crippen molar-refractivity contribution in [1.29, 1.82) is 0 Å². The number of methoxy groups -OCH3 is 1. The predicted molar refractivity (Wildman–Crippen MR) is 43.2 cm³/mol. The monoisotopic (exact) mass is 232 g/mol. The van der Waals surface area contributed by atoms with E-state index in [4.69, 9.17) is 9.84 Å². The molecule has 1 heterocycles. The van der Waals surface area contributed by atoms with Gasteiger partial charge in [-0.1, -0.05) is 0 Å². The number of hydrogen-bond acceptors (Lipinski definition) is 4. The number of halogens is 1. The van der Waals surface area contributed by atoms with Crippen LogP contribution >= 0.6 is 15.9 Å². The molecule has 0 fully saturated rings. The van der Waals surface area contributed by atoms with Gasteiger partial charge in [0.1, 0.15) is 4.60 Å². The second kappa shape index (κ2) is 3.48. The zero-order valence-electron chi connectivity index (χ0n) is 6.11. The van der Waals surface area contributed by atoms with Crippen LogP contribution in [0.5, 0.6) is 5.88 Å². The van der Waals surface area contributed by atoms with Crippen LogP contribution in [-0.2, 0) is 0 Å². The lowest BCUT2D eigenvalue weighted by Gasteiger charge is -1.99. The summed E-state index contributed by atoms with van der Waals surface area (Å²) in [6.45, 7) is 0. The minimum Gasteiger partial charge on any atom is -0.480 e. The Morgan fingerprint density at radius 3 is 2.83 bits per heavy atom. The van der Waals surface area contributed by atoms with Crippen LogP contribution in [0.4, 0.5) is 0 Å². The molecule has 64 valence electrons. The molecule has 0 atom stereocenters. The molecule has 0 bridgehead atoms. The molecule has 1 aromatic heterocycles. The van der Waals surface area contributed by atoms with Gasteiger partial charge in [0.05, 0.1) is 13.3 Å². The fourth-order valence-corrected chi connectivity index (χ4v) is 1.04. The molecule has 1 N–H and O–H groups in total. The highest BCUT2D eigenvalue weighted by atomic mass is 79.9. The zero-order chi connectivity index (χ0) is 9.14. The first kappa shape index (κ1) is 8.92. The van der Waals surface area contributed by atoms with Gasteiger partial charge in [0, 0.05) is 0 Å². The molecule has 0 unspecified atom stereocenters. The molecule has 12 heavy (non-hydrogen) atoms. The number of nitrogens with zero attached hydrogens (tertiary/aromatic N) is 2. The van der Waals surface area contributed by atoms with Gasteiger partial charge in [0.15, 0.2) is 5.69 Å². The van der Waals surface area contributed by atoms with Crippen LogP contribution in [0.3, 0.4) is 0 Å². The van der Waals surface area contributed by atoms with Crippen molar-refractivity contribution in [3.8, 4) is 5.88 Å². The van der Waals surface area contributed by atoms with Crippen LogP contribution in [-0.4, -0.2) is 28.2 Å². The summed E-state index contributed by atoms with van der Waals surface area (Å²) in [5.74, 6) is -0.857. The number of carboxylic acid groups (broad SMARTS) is 1. The maximum absolute atomic E-state index is 10.4. The maximum atomic E-state index is 10.4. The Labute approximate surface area is 76.5 Å². The summed E-state index contributed by atoms with van der Waals surface area (Å²) in [6.07, 6.45) is 1.24. The molecule has 0 saturated carbocycles. The summed E-state index contributed by atoms with van der Waals surface area (Å²) in [7, 11) is 1.43. The third-order valence-corrected chi connectivity index (χ3v) is 1.67. The summed E-state index contributed by atoms with van der Waals surface area (Å²) in [6, 6.07) is 0. The number of ether oxygens (including phenoxy) is 1. The molecule has 6 heteroatoms. The quantitative estimate of drug-likeness (QED) is 0.822. The summed E-state index contributed by atoms with van der Waals surface area (Å²) >= 11 is 2.95. The highest BCUT2D eigenvalue weighted by molar-refractivity contribution is 9.10. The van der Waals surface area contributed by atoms with Crippen molar-refractivity contribution in [2.45, 2.75) is 0 Å². The minimum atomic E-state index is -1.13. The summed E-state index contributed by atoms with van der Waals surface area (Å²) < 4.78 is 4.89. The van der Waals surface area contributed by atoms with Gasteiger partial charge >= 0.3 is 5.97 Å². The van der Waals surface area contributed by atoms with E-state index in [2.05, 4.69) is 25.9 Å². The number of rotatable bonds is 2. The smallest absolute Gasteiger partial charge is 0.357 e. The lowest BCUT2D eigenvalue weighted by atomic mass is 10.5. The largest absolute Gasteiger partial charge is 0.480 e. The van der Waals surface area contributed by atoms with E-state index in [1.807, 2.05) is 0 Å². The van der Waals surface area contributed by atoms with Crippen molar-refractivity contribution in [1.82, 2.24) is 9.97 Å². The molecule has 0 amide bonds. The maximum Gasteiger partial charge on any atom is 0.357 e. The topological polar surface area (TPSA) is 72.3 Å². The Bertz CT molecular complexity index is 316. The van der Waals surface area contributed by atoms with Gasteiger partial charge in [0.2, 0.25) is 5.88 Å². The molecule has 0 aliphatic heterocycles. The van der Waals surface area contributed by atoms with E-state index in [9.17, 15) is 4.79 Å². The SMILES string of the molecule is COc1cnc(C(=O)O)c(Br)n1. The van der Waals surface area contributed by atoms with Gasteiger partial charge in [-0.15, -0.1) is 0 Å². The fraction of sp³-hybridized carbons (Fsp3) is 0.167. The fourth-order valence-electron chi connectivity index (χ4n) is 0.593. The Hall–Kier alpha value is -1.17. The summed E-state index contributed by atoms with van der Waals surface area (Å²) in [5, 5.41) is 8.56. The van der Waals surface area contributed by atoms with Crippen LogP contribution in [0.1, 0.15) is 10.5 Å². The van der Waals surface area contributed by atoms with E-state index in [-0.39, 0.29) is 16.2 Å². The van der Waals surface area contributed by atoms with Crippen molar-refractivity contribution in [3.63, 3.8) is 0 Å². The average Bonchev–Trinajstić information content (AvgIpc) is 2.03. The van der Waals surface area contributed by atoms with Gasteiger partial charge < -0.3 is 9.84 Å². The predicted octanol–water partition coefficient (Wildman–Crippen LogP) is 0.946. The summed E-state index contributed by atoms with van der Waals surface area (Å²) in [5.41, 5.74) is -0.129. The van der Waals surface area contributed by atoms with Crippen molar-refractivity contribution >= 4 is 21.9 Å². The van der Waals surface area contributed by atoms with E-state index < -0.39 is 5.97 Å². The highest BCUT2D eigenvalue weighted by Gasteiger charge is 2.11. The minimum absolute atomic E-state index is 0.129. The van der Waals surface area contributed by atoms with E-state index >= 15 is 0 Å². The molecular formula is C6H5BrN2O3. The van der Waals surface area contributed by atoms with Gasteiger partial charge in [-0.25, -0.2) is 14.8 Å². The first-order chi connectivity index (χ1) is 5.65. The number of aromatic nitrogens is 2. The zero-order valence-corrected chi connectivity index (χ0v) is 7.70. The van der Waals surface area contributed by atoms with Crippen LogP contribution < -0.4 is 4.74 Å². The molecule has 0 spiro atoms. The third-order valence-electron chi connectivity index (χ3n) is 1.12. The molecule has 0 aromatic carbocycles. The van der Waals surface area contributed by atoms with Crippen molar-refractivity contribution < 1.29 is 14.6 Å². The highest BCUT2D eigenvalue weighted by Crippen LogP contribution is 2.14. The number of aromatic carboxylic acids is 1. The van der Waals surface area contributed by atoms with Crippen LogP contribution in [0.15, 0.2) is 10.8 Å². The van der Waals surface area contributed by atoms with E-state index in [1.165, 1.54) is 13.3 Å². The molecule has 0 saturated heterocycles. The Balaban J connectivity index is 3.12. The van der Waals surface area contributed by atoms with Gasteiger partial charge in [-0.3, -0.25) is 0 Å². The van der Waals surface area contributed by atoms with Crippen LogP contribution in [0, 0.1) is 0 Å². The number of carbonyl (C=O) groups is 1. The number of carboxylic acids is 1. The second-order valence-corrected chi connectivity index (χ2v) is 2.61. The molecule has 0 aliphatic carbocycles. The van der Waals surface area contributed by atoms with Crippen molar-refractivity contribution in [2.24, 2.45) is 0 Å². The third kappa shape index (κ3) is 1.70. The first-order valence-electron chi connectivity index (χ1n) is 2.95. The lowest BCUT2D eigenvalue weighted by molar-refractivity contribution is 0.0688. The Morgan fingerprint density at radius 1 is 1.75 bits per heavy atom. The lowest BCUT2D eigenvalue weighted by Crippen LogP contribution is -2.03. The van der Waals surface area contributed by atoms with Crippen LogP contribution in [0.25, 0.3) is 0 Å². The van der Waals surface area contributed by atoms with Crippen molar-refractivity contribution in [3.05, 3.63) is 16.5 Å². The van der Waals surface area contributed by atoms with Crippen molar-refractivity contribution in [2.75, 3.05) is 7.11 Å². The summed E-state index contributed by atoms with van der Waals surface area (Å²) in [4.78, 5) is 17.8. The molecule has 1 rings (SSSR count). The second-order valence-electron chi connectivity index (χ2n) is 1.86. The number of hydrogen-bond donors (Lipinski definition) is 1. The Kier molecular flexibility index (Phi) is 2.59. The van der Waals surface area contributed by atoms with E-state index in [0.29, 0.717) is 0 Å². The molecule has 0 radical (unpaired) electrons. The van der Waals surface area contributed by atoms with Gasteiger partial charge in [-0.2, -0.15) is 0 Å². The van der Waals surface area contributed by atoms with Gasteiger partial charge in [-0.05, 0) is 15.9 Å². The van der Waals surface area contributed by atoms with Gasteiger partial charge in [0.25, 0.3) is 0 Å². The first-order valence-corrected chi connectivity index (χ1v) is 3.74. The van der Waals surface area contributed by atoms with E-state index in [1.54, 1.807) is 0 Å². The normalized spacial score (nSPS) is 9.50.